The summed E-state index contributed by atoms with van der Waals surface area (Å²) >= 11 is 0. The minimum Gasteiger partial charge on any atom is -0.496 e. The Balaban J connectivity index is 0.000000709. The zero-order chi connectivity index (χ0) is 25.7. The lowest BCUT2D eigenvalue weighted by Gasteiger charge is -2.11. The first-order valence-corrected chi connectivity index (χ1v) is 11.2. The van der Waals surface area contributed by atoms with Gasteiger partial charge in [-0.3, -0.25) is 14.6 Å². The molecule has 4 N–H and O–H groups in total. The molecular formula is C27H25N5O4. The molecule has 0 radical (unpaired) electrons. The molecule has 9 nitrogen and oxygen atoms in total. The van der Waals surface area contributed by atoms with Crippen LogP contribution in [0.1, 0.15) is 23.6 Å². The maximum Gasteiger partial charge on any atom is 0.300 e. The fourth-order valence-electron chi connectivity index (χ4n) is 3.97. The fourth-order valence-corrected chi connectivity index (χ4v) is 3.97. The van der Waals surface area contributed by atoms with Crippen molar-refractivity contribution in [1.82, 2.24) is 9.97 Å². The third-order valence-electron chi connectivity index (χ3n) is 5.45. The van der Waals surface area contributed by atoms with Gasteiger partial charge in [-0.15, -0.1) is 0 Å². The summed E-state index contributed by atoms with van der Waals surface area (Å²) < 4.78 is 5.54. The van der Waals surface area contributed by atoms with Crippen LogP contribution in [0.25, 0.3) is 10.8 Å². The molecule has 1 aliphatic heterocycles. The Bertz CT molecular complexity index is 1480. The van der Waals surface area contributed by atoms with Crippen LogP contribution >= 0.6 is 0 Å². The van der Waals surface area contributed by atoms with E-state index in [4.69, 9.17) is 20.4 Å². The van der Waals surface area contributed by atoms with E-state index in [-0.39, 0.29) is 18.2 Å². The van der Waals surface area contributed by atoms with E-state index in [2.05, 4.69) is 20.3 Å². The number of rotatable bonds is 6. The molecule has 0 atom stereocenters. The first-order chi connectivity index (χ1) is 17.3. The second kappa shape index (κ2) is 10.6. The number of carboxylic acid groups (broad SMARTS) is 1. The molecule has 0 amide bonds. The number of ether oxygens (including phenoxy) is 1. The molecule has 2 heterocycles. The van der Waals surface area contributed by atoms with Crippen LogP contribution in [0.2, 0.25) is 0 Å². The van der Waals surface area contributed by atoms with E-state index in [1.807, 2.05) is 54.6 Å². The number of carboxylic acids is 1. The third-order valence-corrected chi connectivity index (χ3v) is 5.45. The Morgan fingerprint density at radius 1 is 1.11 bits per heavy atom. The molecule has 0 unspecified atom stereocenters. The lowest BCUT2D eigenvalue weighted by Crippen LogP contribution is -2.16. The van der Waals surface area contributed by atoms with Gasteiger partial charge < -0.3 is 20.9 Å². The van der Waals surface area contributed by atoms with Crippen molar-refractivity contribution >= 4 is 45.7 Å². The highest BCUT2D eigenvalue weighted by molar-refractivity contribution is 6.47. The van der Waals surface area contributed by atoms with Gasteiger partial charge in [0, 0.05) is 36.2 Å². The number of nitrogens with zero attached hydrogens (tertiary/aromatic N) is 3. The van der Waals surface area contributed by atoms with E-state index in [1.165, 1.54) is 0 Å². The monoisotopic (exact) mass is 483 g/mol. The minimum absolute atomic E-state index is 0.0236. The molecule has 4 aromatic rings. The smallest absolute Gasteiger partial charge is 0.300 e. The number of carbonyl (C=O) groups excluding carboxylic acids is 1. The highest BCUT2D eigenvalue weighted by atomic mass is 16.5. The number of benzene rings is 3. The van der Waals surface area contributed by atoms with Gasteiger partial charge in [-0.1, -0.05) is 36.4 Å². The second-order valence-corrected chi connectivity index (χ2v) is 8.10. The molecule has 3 aromatic carbocycles. The standard InChI is InChI=1S/C25H21N5O2.C2H4O2/c1-32-22-12-15(10-16-4-2-3-5-19(16)22)11-21(31)24-20-13-18(7-6-17(20)14-28-24)29-23-8-9-27-25(26)30-23;1-2(3)4/h2-10,12-13H,11,14H2,1H3,(H3,26,27,29,30);1H3,(H,3,4). The molecule has 0 spiro atoms. The number of Topliss-reactive ketones (excluding diaryl/α,β-unsaturated/α-hetero) is 1. The maximum atomic E-state index is 13.2. The predicted octanol–water partition coefficient (Wildman–Crippen LogP) is 4.17. The Morgan fingerprint density at radius 2 is 1.89 bits per heavy atom. The molecule has 36 heavy (non-hydrogen) atoms. The Hall–Kier alpha value is -4.79. The zero-order valence-electron chi connectivity index (χ0n) is 19.9. The summed E-state index contributed by atoms with van der Waals surface area (Å²) in [5.74, 6) is 0.683. The normalized spacial score (nSPS) is 11.7. The number of anilines is 3. The average molecular weight is 484 g/mol. The van der Waals surface area contributed by atoms with Gasteiger partial charge in [0.15, 0.2) is 5.78 Å². The van der Waals surface area contributed by atoms with Crippen LogP contribution in [-0.2, 0) is 22.6 Å². The molecule has 0 bridgehead atoms. The highest BCUT2D eigenvalue weighted by Crippen LogP contribution is 2.29. The van der Waals surface area contributed by atoms with Crippen LogP contribution in [0.15, 0.2) is 71.9 Å². The molecule has 1 aliphatic rings. The number of aliphatic imine (C=N–C) groups is 1. The number of nitrogen functional groups attached to an aromatic ring is 1. The summed E-state index contributed by atoms with van der Waals surface area (Å²) in [6.45, 7) is 1.58. The minimum atomic E-state index is -0.833. The van der Waals surface area contributed by atoms with Crippen molar-refractivity contribution in [2.24, 2.45) is 4.99 Å². The number of hydrogen-bond acceptors (Lipinski definition) is 8. The van der Waals surface area contributed by atoms with E-state index < -0.39 is 5.97 Å². The highest BCUT2D eigenvalue weighted by Gasteiger charge is 2.23. The second-order valence-electron chi connectivity index (χ2n) is 8.10. The summed E-state index contributed by atoms with van der Waals surface area (Å²) in [5, 5.41) is 12.7. The van der Waals surface area contributed by atoms with Crippen molar-refractivity contribution in [2.75, 3.05) is 18.2 Å². The maximum absolute atomic E-state index is 13.2. The van der Waals surface area contributed by atoms with E-state index in [1.54, 1.807) is 19.4 Å². The van der Waals surface area contributed by atoms with Gasteiger partial charge in [-0.05, 0) is 40.8 Å². The molecule has 0 saturated carbocycles. The van der Waals surface area contributed by atoms with Crippen LogP contribution in [0.3, 0.4) is 0 Å². The van der Waals surface area contributed by atoms with Crippen molar-refractivity contribution in [3.05, 3.63) is 83.6 Å². The summed E-state index contributed by atoms with van der Waals surface area (Å²) in [5.41, 5.74) is 9.72. The quantitative estimate of drug-likeness (QED) is 0.371. The van der Waals surface area contributed by atoms with Gasteiger partial charge in [0.25, 0.3) is 5.97 Å². The zero-order valence-corrected chi connectivity index (χ0v) is 19.9. The van der Waals surface area contributed by atoms with Crippen LogP contribution in [-0.4, -0.2) is 39.6 Å². The van der Waals surface area contributed by atoms with E-state index >= 15 is 0 Å². The number of aliphatic carboxylic acids is 1. The summed E-state index contributed by atoms with van der Waals surface area (Å²) in [6.07, 6.45) is 1.84. The molecule has 182 valence electrons. The number of methoxy groups -OCH3 is 1. The van der Waals surface area contributed by atoms with Crippen LogP contribution in [0.4, 0.5) is 17.5 Å². The van der Waals surface area contributed by atoms with Gasteiger partial charge in [-0.25, -0.2) is 4.98 Å². The number of ketones is 1. The molecule has 0 aliphatic carbocycles. The molecule has 5 rings (SSSR count). The van der Waals surface area contributed by atoms with Gasteiger partial charge in [0.2, 0.25) is 5.95 Å². The van der Waals surface area contributed by atoms with Gasteiger partial charge in [0.1, 0.15) is 17.3 Å². The fraction of sp³-hybridized carbons (Fsp3) is 0.148. The summed E-state index contributed by atoms with van der Waals surface area (Å²) in [7, 11) is 1.64. The van der Waals surface area contributed by atoms with Crippen LogP contribution < -0.4 is 15.8 Å². The van der Waals surface area contributed by atoms with Crippen molar-refractivity contribution in [1.29, 1.82) is 0 Å². The lowest BCUT2D eigenvalue weighted by atomic mass is 9.97. The Labute approximate surface area is 207 Å². The topological polar surface area (TPSA) is 140 Å². The van der Waals surface area contributed by atoms with Crippen molar-refractivity contribution < 1.29 is 19.4 Å². The molecule has 9 heteroatoms. The summed E-state index contributed by atoms with van der Waals surface area (Å²) in [6, 6.07) is 19.5. The molecule has 1 aromatic heterocycles. The van der Waals surface area contributed by atoms with Crippen LogP contribution in [0, 0.1) is 0 Å². The Kier molecular flexibility index (Phi) is 7.20. The third kappa shape index (κ3) is 5.64. The predicted molar refractivity (Wildman–Crippen MR) is 139 cm³/mol. The van der Waals surface area contributed by atoms with Crippen molar-refractivity contribution in [3.8, 4) is 5.75 Å². The number of aromatic nitrogens is 2. The van der Waals surface area contributed by atoms with Crippen molar-refractivity contribution in [2.45, 2.75) is 19.9 Å². The average Bonchev–Trinajstić information content (AvgIpc) is 3.26. The SMILES string of the molecule is CC(=O)O.COc1cc(CC(=O)C2=NCc3ccc(Nc4ccnc(N)n4)cc32)cc2ccccc12. The number of nitrogens with two attached hydrogens (primary N) is 1. The Morgan fingerprint density at radius 3 is 2.64 bits per heavy atom. The first kappa shape index (κ1) is 24.3. The molecule has 0 fully saturated rings. The van der Waals surface area contributed by atoms with Gasteiger partial charge in [-0.2, -0.15) is 4.98 Å². The van der Waals surface area contributed by atoms with E-state index in [9.17, 15) is 4.79 Å². The molecular weight excluding hydrogens is 458 g/mol. The number of nitrogens with one attached hydrogen (secondary N) is 1. The van der Waals surface area contributed by atoms with Crippen molar-refractivity contribution in [3.63, 3.8) is 0 Å². The van der Waals surface area contributed by atoms with Crippen LogP contribution in [0.5, 0.6) is 5.75 Å². The largest absolute Gasteiger partial charge is 0.496 e. The molecule has 0 saturated heterocycles. The number of hydrogen-bond donors (Lipinski definition) is 3. The number of fused-ring (bicyclic) bond motifs is 2. The van der Waals surface area contributed by atoms with E-state index in [0.717, 1.165) is 45.8 Å². The lowest BCUT2D eigenvalue weighted by molar-refractivity contribution is -0.134. The number of carbonyl (C=O) groups is 2. The van der Waals surface area contributed by atoms with Gasteiger partial charge in [0.05, 0.1) is 13.7 Å². The van der Waals surface area contributed by atoms with Gasteiger partial charge >= 0.3 is 0 Å². The van der Waals surface area contributed by atoms with E-state index in [0.29, 0.717) is 18.1 Å². The first-order valence-electron chi connectivity index (χ1n) is 11.2. The summed E-state index contributed by atoms with van der Waals surface area (Å²) in [4.78, 5) is 34.8.